The van der Waals surface area contributed by atoms with Gasteiger partial charge >= 0.3 is 0 Å². The first-order valence-corrected chi connectivity index (χ1v) is 8.81. The second-order valence-electron chi connectivity index (χ2n) is 5.29. The Kier molecular flexibility index (Phi) is 5.40. The Hall–Kier alpha value is -2.31. The van der Waals surface area contributed by atoms with Gasteiger partial charge in [0.2, 0.25) is 5.91 Å². The quantitative estimate of drug-likeness (QED) is 0.652. The molecule has 0 aliphatic carbocycles. The number of imidazole rings is 1. The number of benzene rings is 2. The Morgan fingerprint density at radius 3 is 2.84 bits per heavy atom. The molecule has 1 amide bonds. The summed E-state index contributed by atoms with van der Waals surface area (Å²) >= 11 is 7.32. The van der Waals surface area contributed by atoms with E-state index in [0.717, 1.165) is 5.69 Å². The predicted molar refractivity (Wildman–Crippen MR) is 98.9 cm³/mol. The van der Waals surface area contributed by atoms with Gasteiger partial charge in [-0.25, -0.2) is 9.37 Å². The number of hydrogen-bond donors (Lipinski definition) is 1. The van der Waals surface area contributed by atoms with Crippen molar-refractivity contribution in [2.75, 3.05) is 5.32 Å². The molecule has 0 aliphatic heterocycles. The molecular weight excluding hydrogens is 361 g/mol. The number of nitrogens with zero attached hydrogens (tertiary/aromatic N) is 2. The molecule has 0 saturated heterocycles. The van der Waals surface area contributed by atoms with Gasteiger partial charge < -0.3 is 5.32 Å². The number of anilines is 1. The van der Waals surface area contributed by atoms with Gasteiger partial charge in [0.25, 0.3) is 0 Å². The zero-order valence-electron chi connectivity index (χ0n) is 13.3. The van der Waals surface area contributed by atoms with Gasteiger partial charge in [-0.05, 0) is 37.3 Å². The summed E-state index contributed by atoms with van der Waals surface area (Å²) in [6.07, 6.45) is 3.46. The van der Waals surface area contributed by atoms with Crippen LogP contribution in [0.15, 0.2) is 66.1 Å². The van der Waals surface area contributed by atoms with Gasteiger partial charge in [0, 0.05) is 23.1 Å². The number of para-hydroxylation sites is 1. The predicted octanol–water partition coefficient (Wildman–Crippen LogP) is 4.78. The highest BCUT2D eigenvalue weighted by Crippen LogP contribution is 2.26. The average molecular weight is 376 g/mol. The minimum absolute atomic E-state index is 0.165. The molecule has 3 aromatic rings. The lowest BCUT2D eigenvalue weighted by molar-refractivity contribution is -0.115. The van der Waals surface area contributed by atoms with Crippen LogP contribution in [0.2, 0.25) is 5.02 Å². The monoisotopic (exact) mass is 375 g/mol. The molecule has 128 valence electrons. The lowest BCUT2D eigenvalue weighted by atomic mass is 10.3. The van der Waals surface area contributed by atoms with E-state index >= 15 is 0 Å². The minimum atomic E-state index is -0.464. The fourth-order valence-electron chi connectivity index (χ4n) is 2.21. The number of carbonyl (C=O) groups is 1. The smallest absolute Gasteiger partial charge is 0.237 e. The topological polar surface area (TPSA) is 46.9 Å². The number of carbonyl (C=O) groups excluding carboxylic acids is 1. The minimum Gasteiger partial charge on any atom is -0.323 e. The Morgan fingerprint density at radius 1 is 1.28 bits per heavy atom. The van der Waals surface area contributed by atoms with Crippen LogP contribution in [0.5, 0.6) is 0 Å². The van der Waals surface area contributed by atoms with Crippen molar-refractivity contribution in [3.05, 3.63) is 71.8 Å². The number of rotatable bonds is 5. The number of amides is 1. The van der Waals surface area contributed by atoms with Crippen LogP contribution in [0.1, 0.15) is 6.92 Å². The molecule has 2 aromatic carbocycles. The maximum absolute atomic E-state index is 13.7. The van der Waals surface area contributed by atoms with Gasteiger partial charge in [-0.3, -0.25) is 9.36 Å². The van der Waals surface area contributed by atoms with Crippen LogP contribution >= 0.6 is 23.4 Å². The van der Waals surface area contributed by atoms with Crippen molar-refractivity contribution < 1.29 is 9.18 Å². The molecule has 0 saturated carbocycles. The largest absolute Gasteiger partial charge is 0.323 e. The van der Waals surface area contributed by atoms with E-state index in [1.54, 1.807) is 37.5 Å². The van der Waals surface area contributed by atoms with Gasteiger partial charge in [-0.1, -0.05) is 41.6 Å². The highest BCUT2D eigenvalue weighted by Gasteiger charge is 2.19. The molecule has 1 aromatic heterocycles. The number of halogens is 2. The van der Waals surface area contributed by atoms with Crippen molar-refractivity contribution in [2.24, 2.45) is 0 Å². The van der Waals surface area contributed by atoms with Crippen molar-refractivity contribution in [3.8, 4) is 5.69 Å². The van der Waals surface area contributed by atoms with Crippen LogP contribution in [-0.2, 0) is 4.79 Å². The Balaban J connectivity index is 1.74. The zero-order chi connectivity index (χ0) is 17.8. The van der Waals surface area contributed by atoms with Crippen LogP contribution in [-0.4, -0.2) is 20.7 Å². The van der Waals surface area contributed by atoms with E-state index in [9.17, 15) is 9.18 Å². The molecule has 7 heteroatoms. The van der Waals surface area contributed by atoms with E-state index in [1.165, 1.54) is 23.9 Å². The van der Waals surface area contributed by atoms with Crippen molar-refractivity contribution in [2.45, 2.75) is 17.3 Å². The standard InChI is InChI=1S/C18H15ClFN3OS/c1-12(17(24)22-16-8-3-2-7-15(16)20)25-18-21-9-10-23(18)14-6-4-5-13(19)11-14/h2-12H,1H3,(H,22,24)/t12-/m0/s1. The fraction of sp³-hybridized carbons (Fsp3) is 0.111. The molecule has 3 rings (SSSR count). The van der Waals surface area contributed by atoms with Crippen molar-refractivity contribution >= 4 is 35.0 Å². The fourth-order valence-corrected chi connectivity index (χ4v) is 3.28. The molecule has 0 bridgehead atoms. The summed E-state index contributed by atoms with van der Waals surface area (Å²) in [5, 5.41) is 3.41. The zero-order valence-corrected chi connectivity index (χ0v) is 14.9. The van der Waals surface area contributed by atoms with Gasteiger partial charge in [-0.15, -0.1) is 0 Å². The maximum Gasteiger partial charge on any atom is 0.237 e. The molecule has 0 radical (unpaired) electrons. The second-order valence-corrected chi connectivity index (χ2v) is 7.03. The molecule has 4 nitrogen and oxygen atoms in total. The molecule has 0 fully saturated rings. The summed E-state index contributed by atoms with van der Waals surface area (Å²) in [7, 11) is 0. The van der Waals surface area contributed by atoms with E-state index in [0.29, 0.717) is 10.2 Å². The van der Waals surface area contributed by atoms with E-state index in [1.807, 2.05) is 22.8 Å². The first kappa shape index (κ1) is 17.5. The third-order valence-corrected chi connectivity index (χ3v) is 4.79. The number of thioether (sulfide) groups is 1. The number of hydrogen-bond acceptors (Lipinski definition) is 3. The van der Waals surface area contributed by atoms with Gasteiger partial charge in [0.15, 0.2) is 5.16 Å². The van der Waals surface area contributed by atoms with E-state index in [2.05, 4.69) is 10.3 Å². The summed E-state index contributed by atoms with van der Waals surface area (Å²) in [5.74, 6) is -0.760. The average Bonchev–Trinajstić information content (AvgIpc) is 3.05. The molecule has 0 aliphatic rings. The lowest BCUT2D eigenvalue weighted by Gasteiger charge is -2.13. The Morgan fingerprint density at radius 2 is 2.08 bits per heavy atom. The molecule has 1 heterocycles. The normalized spacial score (nSPS) is 12.0. The molecule has 25 heavy (non-hydrogen) atoms. The third-order valence-electron chi connectivity index (χ3n) is 3.48. The van der Waals surface area contributed by atoms with Gasteiger partial charge in [0.05, 0.1) is 10.9 Å². The van der Waals surface area contributed by atoms with E-state index in [4.69, 9.17) is 11.6 Å². The van der Waals surface area contributed by atoms with Gasteiger partial charge in [-0.2, -0.15) is 0 Å². The first-order valence-electron chi connectivity index (χ1n) is 7.56. The summed E-state index contributed by atoms with van der Waals surface area (Å²) in [6.45, 7) is 1.75. The highest BCUT2D eigenvalue weighted by molar-refractivity contribution is 8.00. The number of nitrogens with one attached hydrogen (secondary N) is 1. The van der Waals surface area contributed by atoms with Crippen molar-refractivity contribution in [3.63, 3.8) is 0 Å². The first-order chi connectivity index (χ1) is 12.0. The lowest BCUT2D eigenvalue weighted by Crippen LogP contribution is -2.23. The van der Waals surface area contributed by atoms with Crippen LogP contribution in [0.3, 0.4) is 0 Å². The second kappa shape index (κ2) is 7.72. The van der Waals surface area contributed by atoms with Crippen LogP contribution in [0, 0.1) is 5.82 Å². The number of aromatic nitrogens is 2. The summed E-state index contributed by atoms with van der Waals surface area (Å²) in [6, 6.07) is 13.4. The maximum atomic E-state index is 13.7. The third kappa shape index (κ3) is 4.21. The summed E-state index contributed by atoms with van der Waals surface area (Å²) in [4.78, 5) is 16.6. The van der Waals surface area contributed by atoms with Crippen LogP contribution in [0.4, 0.5) is 10.1 Å². The van der Waals surface area contributed by atoms with Crippen LogP contribution in [0.25, 0.3) is 5.69 Å². The Bertz CT molecular complexity index is 899. The molecular formula is C18H15ClFN3OS. The van der Waals surface area contributed by atoms with Crippen molar-refractivity contribution in [1.29, 1.82) is 0 Å². The van der Waals surface area contributed by atoms with E-state index in [-0.39, 0.29) is 11.6 Å². The molecule has 1 N–H and O–H groups in total. The van der Waals surface area contributed by atoms with Crippen LogP contribution < -0.4 is 5.32 Å². The molecule has 0 unspecified atom stereocenters. The SMILES string of the molecule is C[C@H](Sc1nccn1-c1cccc(Cl)c1)C(=O)Nc1ccccc1F. The summed E-state index contributed by atoms with van der Waals surface area (Å²) in [5.41, 5.74) is 1.02. The highest BCUT2D eigenvalue weighted by atomic mass is 35.5. The summed E-state index contributed by atoms with van der Waals surface area (Å²) < 4.78 is 15.5. The van der Waals surface area contributed by atoms with E-state index < -0.39 is 11.1 Å². The van der Waals surface area contributed by atoms with Crippen molar-refractivity contribution in [1.82, 2.24) is 9.55 Å². The molecule has 0 spiro atoms. The molecule has 1 atom stereocenters. The van der Waals surface area contributed by atoms with Gasteiger partial charge in [0.1, 0.15) is 5.82 Å². The Labute approximate surface area is 154 Å².